The maximum absolute atomic E-state index is 11.0. The number of aromatic nitrogens is 1. The zero-order valence-corrected chi connectivity index (χ0v) is 12.7. The van der Waals surface area contributed by atoms with Crippen LogP contribution in [0.3, 0.4) is 0 Å². The normalized spacial score (nSPS) is 10.7. The van der Waals surface area contributed by atoms with Crippen LogP contribution in [0.2, 0.25) is 0 Å². The van der Waals surface area contributed by atoms with Crippen LogP contribution in [-0.4, -0.2) is 42.1 Å². The largest absolute Gasteiger partial charge is 0.477 e. The second-order valence-electron chi connectivity index (χ2n) is 5.17. The van der Waals surface area contributed by atoms with Gasteiger partial charge in [-0.2, -0.15) is 0 Å². The Morgan fingerprint density at radius 2 is 2.00 bits per heavy atom. The van der Waals surface area contributed by atoms with Gasteiger partial charge in [-0.3, -0.25) is 10.1 Å². The second kappa shape index (κ2) is 7.51. The number of pyridine rings is 1. The molecule has 0 aliphatic heterocycles. The highest BCUT2D eigenvalue weighted by atomic mass is 16.6. The summed E-state index contributed by atoms with van der Waals surface area (Å²) in [7, 11) is 4.00. The number of nitro groups is 1. The van der Waals surface area contributed by atoms with Gasteiger partial charge in [-0.25, -0.2) is 4.98 Å². The summed E-state index contributed by atoms with van der Waals surface area (Å²) in [6.45, 7) is 1.43. The molecule has 0 saturated heterocycles. The molecule has 0 aliphatic carbocycles. The number of hydrogen-bond donors (Lipinski definition) is 0. The third kappa shape index (κ3) is 4.26. The molecule has 0 amide bonds. The fourth-order valence-corrected chi connectivity index (χ4v) is 2.03. The van der Waals surface area contributed by atoms with Crippen molar-refractivity contribution in [1.29, 1.82) is 0 Å². The molecule has 0 aliphatic rings. The molecule has 6 heteroatoms. The monoisotopic (exact) mass is 301 g/mol. The lowest BCUT2D eigenvalue weighted by Gasteiger charge is -2.12. The predicted octanol–water partition coefficient (Wildman–Crippen LogP) is 2.99. The topological polar surface area (TPSA) is 68.5 Å². The lowest BCUT2D eigenvalue weighted by molar-refractivity contribution is -0.385. The molecule has 0 radical (unpaired) electrons. The van der Waals surface area contributed by atoms with Crippen LogP contribution in [0.15, 0.2) is 42.6 Å². The van der Waals surface area contributed by atoms with Gasteiger partial charge < -0.3 is 9.64 Å². The van der Waals surface area contributed by atoms with Gasteiger partial charge in [0.15, 0.2) is 0 Å². The lowest BCUT2D eigenvalue weighted by atomic mass is 10.1. The molecular formula is C16H19N3O3. The highest BCUT2D eigenvalue weighted by molar-refractivity contribution is 5.70. The average Bonchev–Trinajstić information content (AvgIpc) is 2.52. The molecule has 2 aromatic rings. The molecular weight excluding hydrogens is 282 g/mol. The summed E-state index contributed by atoms with van der Waals surface area (Å²) in [4.78, 5) is 16.7. The summed E-state index contributed by atoms with van der Waals surface area (Å²) < 4.78 is 5.72. The minimum atomic E-state index is -0.449. The van der Waals surface area contributed by atoms with Crippen molar-refractivity contribution in [3.63, 3.8) is 0 Å². The average molecular weight is 301 g/mol. The standard InChI is InChI=1S/C16H19N3O3/c1-18(2)9-6-10-22-16-15(13-7-4-3-5-8-13)11-14(12-17-16)19(20)21/h3-5,7-8,11-12H,6,9-10H2,1-2H3. The fourth-order valence-electron chi connectivity index (χ4n) is 2.03. The molecule has 0 unspecified atom stereocenters. The van der Waals surface area contributed by atoms with Gasteiger partial charge in [-0.05, 0) is 26.1 Å². The molecule has 0 N–H and O–H groups in total. The number of nitrogens with zero attached hydrogens (tertiary/aromatic N) is 3. The van der Waals surface area contributed by atoms with E-state index in [9.17, 15) is 10.1 Å². The van der Waals surface area contributed by atoms with E-state index in [4.69, 9.17) is 4.74 Å². The third-order valence-corrected chi connectivity index (χ3v) is 3.12. The summed E-state index contributed by atoms with van der Waals surface area (Å²) in [5.74, 6) is 0.426. The quantitative estimate of drug-likeness (QED) is 0.447. The first-order valence-electron chi connectivity index (χ1n) is 7.05. The Labute approximate surface area is 129 Å². The molecule has 6 nitrogen and oxygen atoms in total. The highest BCUT2D eigenvalue weighted by Crippen LogP contribution is 2.31. The van der Waals surface area contributed by atoms with Crippen molar-refractivity contribution >= 4 is 5.69 Å². The van der Waals surface area contributed by atoms with E-state index >= 15 is 0 Å². The molecule has 2 rings (SSSR count). The molecule has 1 aromatic carbocycles. The van der Waals surface area contributed by atoms with Gasteiger partial charge in [0.05, 0.1) is 17.1 Å². The van der Waals surface area contributed by atoms with Gasteiger partial charge in [0, 0.05) is 12.6 Å². The van der Waals surface area contributed by atoms with Gasteiger partial charge >= 0.3 is 0 Å². The van der Waals surface area contributed by atoms with Crippen molar-refractivity contribution in [2.24, 2.45) is 0 Å². The smallest absolute Gasteiger partial charge is 0.288 e. The van der Waals surface area contributed by atoms with Crippen LogP contribution in [0, 0.1) is 10.1 Å². The first kappa shape index (κ1) is 15.9. The molecule has 0 spiro atoms. The Bertz CT molecular complexity index is 630. The fraction of sp³-hybridized carbons (Fsp3) is 0.312. The van der Waals surface area contributed by atoms with Crippen molar-refractivity contribution < 1.29 is 9.66 Å². The summed E-state index contributed by atoms with van der Waals surface area (Å²) >= 11 is 0. The molecule has 0 bridgehead atoms. The van der Waals surface area contributed by atoms with Crippen molar-refractivity contribution in [3.8, 4) is 17.0 Å². The summed E-state index contributed by atoms with van der Waals surface area (Å²) in [6, 6.07) is 10.9. The van der Waals surface area contributed by atoms with Crippen molar-refractivity contribution in [2.45, 2.75) is 6.42 Å². The van der Waals surface area contributed by atoms with Gasteiger partial charge in [0.1, 0.15) is 6.20 Å². The van der Waals surface area contributed by atoms with E-state index < -0.39 is 4.92 Å². The first-order chi connectivity index (χ1) is 10.6. The number of benzene rings is 1. The van der Waals surface area contributed by atoms with E-state index in [0.29, 0.717) is 18.1 Å². The van der Waals surface area contributed by atoms with E-state index in [2.05, 4.69) is 9.88 Å². The zero-order valence-electron chi connectivity index (χ0n) is 12.7. The summed E-state index contributed by atoms with van der Waals surface area (Å²) in [5, 5.41) is 11.0. The maximum Gasteiger partial charge on any atom is 0.288 e. The van der Waals surface area contributed by atoms with Crippen molar-refractivity contribution in [3.05, 3.63) is 52.7 Å². The van der Waals surface area contributed by atoms with E-state index in [1.54, 1.807) is 0 Å². The summed E-state index contributed by atoms with van der Waals surface area (Å²) in [5.41, 5.74) is 1.44. The van der Waals surface area contributed by atoms with Crippen LogP contribution in [0.25, 0.3) is 11.1 Å². The van der Waals surface area contributed by atoms with Gasteiger partial charge in [0.2, 0.25) is 5.88 Å². The van der Waals surface area contributed by atoms with Crippen LogP contribution in [-0.2, 0) is 0 Å². The molecule has 1 heterocycles. The van der Waals surface area contributed by atoms with Gasteiger partial charge in [-0.15, -0.1) is 0 Å². The highest BCUT2D eigenvalue weighted by Gasteiger charge is 2.14. The first-order valence-corrected chi connectivity index (χ1v) is 7.05. The van der Waals surface area contributed by atoms with Crippen LogP contribution in [0.4, 0.5) is 5.69 Å². The number of ether oxygens (including phenoxy) is 1. The minimum absolute atomic E-state index is 0.0421. The van der Waals surface area contributed by atoms with Crippen molar-refractivity contribution in [2.75, 3.05) is 27.2 Å². The van der Waals surface area contributed by atoms with Crippen LogP contribution < -0.4 is 4.74 Å². The van der Waals surface area contributed by atoms with E-state index in [1.165, 1.54) is 12.3 Å². The lowest BCUT2D eigenvalue weighted by Crippen LogP contribution is -2.15. The van der Waals surface area contributed by atoms with Crippen LogP contribution in [0.5, 0.6) is 5.88 Å². The van der Waals surface area contributed by atoms with E-state index in [0.717, 1.165) is 18.5 Å². The molecule has 0 atom stereocenters. The van der Waals surface area contributed by atoms with Crippen LogP contribution >= 0.6 is 0 Å². The summed E-state index contributed by atoms with van der Waals surface area (Å²) in [6.07, 6.45) is 2.09. The maximum atomic E-state index is 11.0. The Balaban J connectivity index is 2.23. The molecule has 0 saturated carbocycles. The number of hydrogen-bond acceptors (Lipinski definition) is 5. The molecule has 22 heavy (non-hydrogen) atoms. The SMILES string of the molecule is CN(C)CCCOc1ncc([N+](=O)[O-])cc1-c1ccccc1. The predicted molar refractivity (Wildman–Crippen MR) is 85.0 cm³/mol. The Kier molecular flexibility index (Phi) is 5.43. The molecule has 0 fully saturated rings. The third-order valence-electron chi connectivity index (χ3n) is 3.12. The zero-order chi connectivity index (χ0) is 15.9. The van der Waals surface area contributed by atoms with Crippen molar-refractivity contribution in [1.82, 2.24) is 9.88 Å². The Morgan fingerprint density at radius 1 is 1.27 bits per heavy atom. The Hall–Kier alpha value is -2.47. The second-order valence-corrected chi connectivity index (χ2v) is 5.17. The molecule has 1 aromatic heterocycles. The van der Waals surface area contributed by atoms with Gasteiger partial charge in [0.25, 0.3) is 5.69 Å². The van der Waals surface area contributed by atoms with Gasteiger partial charge in [-0.1, -0.05) is 30.3 Å². The van der Waals surface area contributed by atoms with Crippen LogP contribution in [0.1, 0.15) is 6.42 Å². The van der Waals surface area contributed by atoms with E-state index in [-0.39, 0.29) is 5.69 Å². The number of rotatable bonds is 7. The minimum Gasteiger partial charge on any atom is -0.477 e. The Morgan fingerprint density at radius 3 is 2.64 bits per heavy atom. The van der Waals surface area contributed by atoms with E-state index in [1.807, 2.05) is 44.4 Å². The molecule has 116 valence electrons.